The van der Waals surface area contributed by atoms with Crippen molar-refractivity contribution in [1.82, 2.24) is 5.32 Å². The van der Waals surface area contributed by atoms with Crippen LogP contribution in [0.4, 0.5) is 5.69 Å². The Morgan fingerprint density at radius 1 is 1.14 bits per heavy atom. The summed E-state index contributed by atoms with van der Waals surface area (Å²) < 4.78 is 33.7. The number of benzene rings is 2. The van der Waals surface area contributed by atoms with Gasteiger partial charge in [0.1, 0.15) is 4.90 Å². The predicted molar refractivity (Wildman–Crippen MR) is 116 cm³/mol. The quantitative estimate of drug-likeness (QED) is 0.571. The van der Waals surface area contributed by atoms with Crippen molar-refractivity contribution in [3.8, 4) is 0 Å². The molecule has 29 heavy (non-hydrogen) atoms. The Kier molecular flexibility index (Phi) is 8.07. The number of anilines is 1. The number of aryl methyl sites for hydroxylation is 2. The van der Waals surface area contributed by atoms with Gasteiger partial charge in [0.2, 0.25) is 0 Å². The first kappa shape index (κ1) is 23.2. The molecule has 0 heterocycles. The Hall–Kier alpha value is -2.09. The summed E-state index contributed by atoms with van der Waals surface area (Å²) in [5.74, 6) is -0.366. The molecule has 0 spiro atoms. The second kappa shape index (κ2) is 10.1. The molecule has 0 radical (unpaired) electrons. The lowest BCUT2D eigenvalue weighted by atomic mass is 10.1. The van der Waals surface area contributed by atoms with Gasteiger partial charge in [-0.25, -0.2) is 8.42 Å². The highest BCUT2D eigenvalue weighted by molar-refractivity contribution is 7.92. The molecule has 2 aromatic carbocycles. The second-order valence-corrected chi connectivity index (χ2v) is 9.16. The number of hydrogen-bond donors (Lipinski definition) is 2. The molecule has 0 aromatic heterocycles. The van der Waals surface area contributed by atoms with E-state index in [9.17, 15) is 13.2 Å². The minimum absolute atomic E-state index is 0.0460. The lowest BCUT2D eigenvalue weighted by molar-refractivity contribution is 0.0757. The van der Waals surface area contributed by atoms with Gasteiger partial charge in [0.05, 0.1) is 16.8 Å². The summed E-state index contributed by atoms with van der Waals surface area (Å²) in [7, 11) is -3.96. The highest BCUT2D eigenvalue weighted by atomic mass is 35.5. The first-order valence-corrected chi connectivity index (χ1v) is 11.3. The molecule has 8 heteroatoms. The molecule has 0 unspecified atom stereocenters. The van der Waals surface area contributed by atoms with Crippen LogP contribution in [0.15, 0.2) is 41.3 Å². The van der Waals surface area contributed by atoms with Crippen LogP contribution in [0.5, 0.6) is 0 Å². The van der Waals surface area contributed by atoms with Gasteiger partial charge in [0.15, 0.2) is 0 Å². The fourth-order valence-electron chi connectivity index (χ4n) is 2.59. The zero-order valence-corrected chi connectivity index (χ0v) is 18.7. The molecule has 1 amide bonds. The van der Waals surface area contributed by atoms with E-state index in [0.29, 0.717) is 25.3 Å². The number of carbonyl (C=O) groups is 1. The fraction of sp³-hybridized carbons (Fsp3) is 0.381. The van der Waals surface area contributed by atoms with E-state index >= 15 is 0 Å². The summed E-state index contributed by atoms with van der Waals surface area (Å²) in [4.78, 5) is 12.2. The average molecular weight is 439 g/mol. The molecule has 2 aromatic rings. The Balaban J connectivity index is 2.14. The zero-order chi connectivity index (χ0) is 21.6. The van der Waals surface area contributed by atoms with E-state index in [0.717, 1.165) is 11.1 Å². The number of nitrogens with one attached hydrogen (secondary N) is 2. The first-order valence-electron chi connectivity index (χ1n) is 9.39. The minimum Gasteiger partial charge on any atom is -0.379 e. The van der Waals surface area contributed by atoms with Crippen molar-refractivity contribution in [2.75, 3.05) is 17.9 Å². The molecule has 2 rings (SSSR count). The third-order valence-corrected chi connectivity index (χ3v) is 6.03. The minimum atomic E-state index is -3.96. The van der Waals surface area contributed by atoms with E-state index in [1.54, 1.807) is 6.07 Å². The van der Waals surface area contributed by atoms with Crippen molar-refractivity contribution in [1.29, 1.82) is 0 Å². The standard InChI is InChI=1S/C21H27ClN2O4S/c1-14(2)28-11-5-10-23-21(25)17-8-9-18(22)20(13-17)29(26,27)24-19-12-15(3)6-7-16(19)4/h6-9,12-14,24H,5,10-11H2,1-4H3,(H,23,25). The van der Waals surface area contributed by atoms with E-state index in [1.807, 2.05) is 39.8 Å². The first-order chi connectivity index (χ1) is 13.6. The van der Waals surface area contributed by atoms with Gasteiger partial charge in [-0.3, -0.25) is 9.52 Å². The summed E-state index contributed by atoms with van der Waals surface area (Å²) in [5, 5.41) is 2.81. The number of amides is 1. The SMILES string of the molecule is Cc1ccc(C)c(NS(=O)(=O)c2cc(C(=O)NCCCOC(C)C)ccc2Cl)c1. The topological polar surface area (TPSA) is 84.5 Å². The molecule has 0 aliphatic carbocycles. The molecule has 0 saturated carbocycles. The smallest absolute Gasteiger partial charge is 0.263 e. The van der Waals surface area contributed by atoms with Crippen molar-refractivity contribution in [2.24, 2.45) is 0 Å². The van der Waals surface area contributed by atoms with Crippen LogP contribution in [-0.4, -0.2) is 33.6 Å². The number of hydrogen-bond acceptors (Lipinski definition) is 4. The molecule has 0 saturated heterocycles. The Morgan fingerprint density at radius 2 is 1.86 bits per heavy atom. The predicted octanol–water partition coefficient (Wildman–Crippen LogP) is 4.30. The summed E-state index contributed by atoms with van der Waals surface area (Å²) in [6, 6.07) is 9.68. The van der Waals surface area contributed by atoms with E-state index in [4.69, 9.17) is 16.3 Å². The molecule has 0 atom stereocenters. The van der Waals surface area contributed by atoms with Crippen LogP contribution in [0.25, 0.3) is 0 Å². The van der Waals surface area contributed by atoms with E-state index in [-0.39, 0.29) is 27.5 Å². The number of rotatable bonds is 9. The average Bonchev–Trinajstić information content (AvgIpc) is 2.64. The lowest BCUT2D eigenvalue weighted by Crippen LogP contribution is -2.26. The highest BCUT2D eigenvalue weighted by Crippen LogP contribution is 2.26. The van der Waals surface area contributed by atoms with Crippen LogP contribution in [0.2, 0.25) is 5.02 Å². The van der Waals surface area contributed by atoms with Crippen molar-refractivity contribution >= 4 is 33.2 Å². The van der Waals surface area contributed by atoms with Gasteiger partial charge in [-0.15, -0.1) is 0 Å². The van der Waals surface area contributed by atoms with Gasteiger partial charge in [-0.2, -0.15) is 0 Å². The van der Waals surface area contributed by atoms with Crippen LogP contribution < -0.4 is 10.0 Å². The lowest BCUT2D eigenvalue weighted by Gasteiger charge is -2.13. The molecule has 6 nitrogen and oxygen atoms in total. The van der Waals surface area contributed by atoms with Crippen LogP contribution in [-0.2, 0) is 14.8 Å². The zero-order valence-electron chi connectivity index (χ0n) is 17.1. The van der Waals surface area contributed by atoms with E-state index < -0.39 is 10.0 Å². The summed E-state index contributed by atoms with van der Waals surface area (Å²) in [6.45, 7) is 8.54. The summed E-state index contributed by atoms with van der Waals surface area (Å²) in [5.41, 5.74) is 2.41. The van der Waals surface area contributed by atoms with Gasteiger partial charge < -0.3 is 10.1 Å². The molecular formula is C21H27ClN2O4S. The molecule has 0 aliphatic rings. The maximum absolute atomic E-state index is 12.9. The summed E-state index contributed by atoms with van der Waals surface area (Å²) in [6.07, 6.45) is 0.802. The van der Waals surface area contributed by atoms with Gasteiger partial charge in [-0.1, -0.05) is 23.7 Å². The van der Waals surface area contributed by atoms with Gasteiger partial charge in [0, 0.05) is 18.7 Å². The van der Waals surface area contributed by atoms with Crippen molar-refractivity contribution < 1.29 is 17.9 Å². The monoisotopic (exact) mass is 438 g/mol. The molecule has 158 valence electrons. The molecule has 0 bridgehead atoms. The molecular weight excluding hydrogens is 412 g/mol. The molecule has 0 fully saturated rings. The van der Waals surface area contributed by atoms with Gasteiger partial charge >= 0.3 is 0 Å². The normalized spacial score (nSPS) is 11.5. The summed E-state index contributed by atoms with van der Waals surface area (Å²) >= 11 is 6.13. The number of carbonyl (C=O) groups excluding carboxylic acids is 1. The van der Waals surface area contributed by atoms with Gasteiger partial charge in [-0.05, 0) is 69.5 Å². The molecule has 0 aliphatic heterocycles. The van der Waals surface area contributed by atoms with Crippen LogP contribution >= 0.6 is 11.6 Å². The maximum Gasteiger partial charge on any atom is 0.263 e. The van der Waals surface area contributed by atoms with Gasteiger partial charge in [0.25, 0.3) is 15.9 Å². The number of halogens is 1. The van der Waals surface area contributed by atoms with Crippen LogP contribution in [0.3, 0.4) is 0 Å². The third kappa shape index (κ3) is 6.73. The Bertz CT molecular complexity index is 975. The number of ether oxygens (including phenoxy) is 1. The highest BCUT2D eigenvalue weighted by Gasteiger charge is 2.21. The van der Waals surface area contributed by atoms with Crippen molar-refractivity contribution in [3.63, 3.8) is 0 Å². The third-order valence-electron chi connectivity index (χ3n) is 4.18. The maximum atomic E-state index is 12.9. The van der Waals surface area contributed by atoms with Crippen molar-refractivity contribution in [2.45, 2.75) is 45.1 Å². The van der Waals surface area contributed by atoms with Crippen molar-refractivity contribution in [3.05, 3.63) is 58.1 Å². The molecule has 2 N–H and O–H groups in total. The van der Waals surface area contributed by atoms with E-state index in [2.05, 4.69) is 10.0 Å². The van der Waals surface area contributed by atoms with Crippen LogP contribution in [0, 0.1) is 13.8 Å². The Morgan fingerprint density at radius 3 is 2.55 bits per heavy atom. The largest absolute Gasteiger partial charge is 0.379 e. The number of sulfonamides is 1. The fourth-order valence-corrected chi connectivity index (χ4v) is 4.24. The van der Waals surface area contributed by atoms with Crippen LogP contribution in [0.1, 0.15) is 41.8 Å². The van der Waals surface area contributed by atoms with E-state index in [1.165, 1.54) is 18.2 Å². The Labute approximate surface area is 177 Å². The second-order valence-electron chi connectivity index (χ2n) is 7.10.